The van der Waals surface area contributed by atoms with Gasteiger partial charge < -0.3 is 14.8 Å². The van der Waals surface area contributed by atoms with Gasteiger partial charge in [-0.3, -0.25) is 19.7 Å². The van der Waals surface area contributed by atoms with Gasteiger partial charge in [0.2, 0.25) is 11.8 Å². The van der Waals surface area contributed by atoms with E-state index >= 15 is 0 Å². The topological polar surface area (TPSA) is 96.3 Å². The van der Waals surface area contributed by atoms with Gasteiger partial charge in [-0.25, -0.2) is 4.98 Å². The molecule has 0 aliphatic carbocycles. The Kier molecular flexibility index (Phi) is 5.84. The molecule has 1 aromatic carbocycles. The second kappa shape index (κ2) is 8.52. The second-order valence-corrected chi connectivity index (χ2v) is 8.40. The Bertz CT molecular complexity index is 957. The number of carbonyl (C=O) groups excluding carboxylic acids is 3. The molecular formula is C20H22IN5O3. The molecule has 2 aromatic rings. The number of imidazole rings is 1. The van der Waals surface area contributed by atoms with Crippen LogP contribution in [0.3, 0.4) is 0 Å². The van der Waals surface area contributed by atoms with Crippen LogP contribution in [0.1, 0.15) is 41.6 Å². The average molecular weight is 507 g/mol. The molecule has 2 N–H and O–H groups in total. The Morgan fingerprint density at radius 1 is 1.24 bits per heavy atom. The minimum atomic E-state index is -0.585. The number of hydrogen-bond acceptors (Lipinski definition) is 5. The molecule has 2 aliphatic rings. The molecular weight excluding hydrogens is 485 g/mol. The van der Waals surface area contributed by atoms with Crippen LogP contribution in [0, 0.1) is 3.70 Å². The average Bonchev–Trinajstić information content (AvgIpc) is 3.25. The Labute approximate surface area is 182 Å². The Hall–Kier alpha value is -2.43. The smallest absolute Gasteiger partial charge is 0.255 e. The molecule has 3 amide bonds. The summed E-state index contributed by atoms with van der Waals surface area (Å²) in [5.74, 6) is -0.804. The van der Waals surface area contributed by atoms with E-state index in [9.17, 15) is 14.4 Å². The fraction of sp³-hybridized carbons (Fsp3) is 0.400. The quantitative estimate of drug-likeness (QED) is 0.340. The number of nitrogens with zero attached hydrogens (tertiary/aromatic N) is 3. The van der Waals surface area contributed by atoms with Gasteiger partial charge in [0.1, 0.15) is 9.74 Å². The summed E-state index contributed by atoms with van der Waals surface area (Å²) in [7, 11) is 0. The van der Waals surface area contributed by atoms with Crippen molar-refractivity contribution >= 4 is 46.0 Å². The molecule has 4 rings (SSSR count). The Balaban J connectivity index is 1.35. The van der Waals surface area contributed by atoms with Crippen LogP contribution in [-0.4, -0.2) is 44.8 Å². The molecule has 0 spiro atoms. The number of fused-ring (bicyclic) bond motifs is 1. The van der Waals surface area contributed by atoms with Crippen molar-refractivity contribution in [2.24, 2.45) is 0 Å². The van der Waals surface area contributed by atoms with E-state index in [1.807, 2.05) is 24.7 Å². The highest BCUT2D eigenvalue weighted by atomic mass is 127. The van der Waals surface area contributed by atoms with Gasteiger partial charge in [-0.1, -0.05) is 6.07 Å². The fourth-order valence-electron chi connectivity index (χ4n) is 3.85. The molecule has 0 radical (unpaired) electrons. The maximum atomic E-state index is 12.8. The lowest BCUT2D eigenvalue weighted by molar-refractivity contribution is -0.136. The number of rotatable bonds is 7. The molecule has 1 atom stereocenters. The van der Waals surface area contributed by atoms with Crippen LogP contribution in [-0.2, 0) is 22.7 Å². The highest BCUT2D eigenvalue weighted by Crippen LogP contribution is 2.32. The van der Waals surface area contributed by atoms with Crippen LogP contribution in [0.5, 0.6) is 0 Å². The van der Waals surface area contributed by atoms with E-state index in [4.69, 9.17) is 0 Å². The normalized spacial score (nSPS) is 18.7. The zero-order valence-corrected chi connectivity index (χ0v) is 18.0. The van der Waals surface area contributed by atoms with E-state index in [0.717, 1.165) is 40.9 Å². The van der Waals surface area contributed by atoms with Crippen LogP contribution in [0.4, 0.5) is 5.69 Å². The summed E-state index contributed by atoms with van der Waals surface area (Å²) in [5, 5.41) is 5.78. The standard InChI is InChI=1S/C20H22IN5O3/c21-17-11-25(12-23-17)9-2-1-8-22-15-5-3-4-13-14(15)10-26(20(13)29)16-6-7-18(27)24-19(16)28/h3-5,11-12,16,22H,1-2,6-10H2,(H,24,27,28). The summed E-state index contributed by atoms with van der Waals surface area (Å²) in [6.07, 6.45) is 6.51. The second-order valence-electron chi connectivity index (χ2n) is 7.30. The summed E-state index contributed by atoms with van der Waals surface area (Å²) in [6.45, 7) is 2.11. The first-order chi connectivity index (χ1) is 14.0. The van der Waals surface area contributed by atoms with Crippen molar-refractivity contribution in [2.45, 2.75) is 44.8 Å². The summed E-state index contributed by atoms with van der Waals surface area (Å²) in [4.78, 5) is 42.2. The van der Waals surface area contributed by atoms with Gasteiger partial charge in [0.25, 0.3) is 5.91 Å². The number of nitrogens with one attached hydrogen (secondary N) is 2. The monoisotopic (exact) mass is 507 g/mol. The van der Waals surface area contributed by atoms with Crippen molar-refractivity contribution in [3.63, 3.8) is 0 Å². The zero-order valence-electron chi connectivity index (χ0n) is 15.9. The largest absolute Gasteiger partial charge is 0.385 e. The Morgan fingerprint density at radius 3 is 2.86 bits per heavy atom. The number of hydrogen-bond donors (Lipinski definition) is 2. The van der Waals surface area contributed by atoms with Gasteiger partial charge in [-0.05, 0) is 54.0 Å². The molecule has 1 fully saturated rings. The molecule has 1 aromatic heterocycles. The number of piperidine rings is 1. The van der Waals surface area contributed by atoms with Crippen molar-refractivity contribution in [3.05, 3.63) is 45.6 Å². The number of aromatic nitrogens is 2. The summed E-state index contributed by atoms with van der Waals surface area (Å²) >= 11 is 2.20. The first-order valence-corrected chi connectivity index (χ1v) is 10.8. The third-order valence-corrected chi connectivity index (χ3v) is 5.90. The predicted octanol–water partition coefficient (Wildman–Crippen LogP) is 2.14. The van der Waals surface area contributed by atoms with Gasteiger partial charge in [0.05, 0.1) is 6.33 Å². The molecule has 9 heteroatoms. The first-order valence-electron chi connectivity index (χ1n) is 9.70. The Morgan fingerprint density at radius 2 is 2.10 bits per heavy atom. The number of amides is 3. The van der Waals surface area contributed by atoms with Gasteiger partial charge in [-0.2, -0.15) is 0 Å². The third kappa shape index (κ3) is 4.29. The van der Waals surface area contributed by atoms with E-state index in [1.165, 1.54) is 0 Å². The van der Waals surface area contributed by atoms with Gasteiger partial charge in [-0.15, -0.1) is 0 Å². The van der Waals surface area contributed by atoms with E-state index in [-0.39, 0.29) is 24.1 Å². The summed E-state index contributed by atoms with van der Waals surface area (Å²) < 4.78 is 3.07. The van der Waals surface area contributed by atoms with E-state index in [1.54, 1.807) is 11.0 Å². The molecule has 1 unspecified atom stereocenters. The number of halogens is 1. The van der Waals surface area contributed by atoms with E-state index < -0.39 is 6.04 Å². The molecule has 0 saturated carbocycles. The maximum Gasteiger partial charge on any atom is 0.255 e. The molecule has 8 nitrogen and oxygen atoms in total. The van der Waals surface area contributed by atoms with Crippen LogP contribution in [0.15, 0.2) is 30.7 Å². The van der Waals surface area contributed by atoms with Gasteiger partial charge >= 0.3 is 0 Å². The highest BCUT2D eigenvalue weighted by molar-refractivity contribution is 14.1. The number of carbonyl (C=O) groups is 3. The first kappa shape index (κ1) is 19.9. The van der Waals surface area contributed by atoms with Crippen molar-refractivity contribution in [1.82, 2.24) is 19.8 Å². The van der Waals surface area contributed by atoms with Gasteiger partial charge in [0.15, 0.2) is 0 Å². The number of anilines is 1. The molecule has 152 valence electrons. The lowest BCUT2D eigenvalue weighted by atomic mass is 10.0. The van der Waals surface area contributed by atoms with Crippen LogP contribution in [0.2, 0.25) is 0 Å². The number of benzene rings is 1. The molecule has 3 heterocycles. The van der Waals surface area contributed by atoms with Crippen molar-refractivity contribution in [3.8, 4) is 0 Å². The lowest BCUT2D eigenvalue weighted by Crippen LogP contribution is -2.52. The van der Waals surface area contributed by atoms with Crippen LogP contribution in [0.25, 0.3) is 0 Å². The predicted molar refractivity (Wildman–Crippen MR) is 115 cm³/mol. The lowest BCUT2D eigenvalue weighted by Gasteiger charge is -2.29. The van der Waals surface area contributed by atoms with Crippen molar-refractivity contribution < 1.29 is 14.4 Å². The fourth-order valence-corrected chi connectivity index (χ4v) is 4.33. The number of aryl methyl sites for hydroxylation is 1. The third-order valence-electron chi connectivity index (χ3n) is 5.34. The van der Waals surface area contributed by atoms with Crippen LogP contribution >= 0.6 is 22.6 Å². The maximum absolute atomic E-state index is 12.8. The molecule has 2 aliphatic heterocycles. The molecule has 1 saturated heterocycles. The number of unbranched alkanes of at least 4 members (excludes halogenated alkanes) is 1. The molecule has 29 heavy (non-hydrogen) atoms. The zero-order chi connectivity index (χ0) is 20.4. The summed E-state index contributed by atoms with van der Waals surface area (Å²) in [5.41, 5.74) is 2.49. The SMILES string of the molecule is O=C1CCC(N2Cc3c(NCCCCn4cnc(I)c4)cccc3C2=O)C(=O)N1. The minimum absolute atomic E-state index is 0.146. The van der Waals surface area contributed by atoms with E-state index in [2.05, 4.69) is 42.8 Å². The highest BCUT2D eigenvalue weighted by Gasteiger charge is 2.39. The number of imide groups is 1. The summed E-state index contributed by atoms with van der Waals surface area (Å²) in [6, 6.07) is 5.05. The minimum Gasteiger partial charge on any atom is -0.385 e. The van der Waals surface area contributed by atoms with Crippen molar-refractivity contribution in [1.29, 1.82) is 0 Å². The van der Waals surface area contributed by atoms with Crippen molar-refractivity contribution in [2.75, 3.05) is 11.9 Å². The van der Waals surface area contributed by atoms with E-state index in [0.29, 0.717) is 18.5 Å². The van der Waals surface area contributed by atoms with Crippen LogP contribution < -0.4 is 10.6 Å². The van der Waals surface area contributed by atoms with Gasteiger partial charge in [0, 0.05) is 49.1 Å². The molecule has 0 bridgehead atoms.